The van der Waals surface area contributed by atoms with Crippen LogP contribution in [0.15, 0.2) is 18.2 Å². The molecule has 1 aromatic carbocycles. The summed E-state index contributed by atoms with van der Waals surface area (Å²) in [7, 11) is 0. The van der Waals surface area contributed by atoms with Crippen molar-refractivity contribution >= 4 is 0 Å². The van der Waals surface area contributed by atoms with Gasteiger partial charge in [-0.25, -0.2) is 11.0 Å². The van der Waals surface area contributed by atoms with Crippen molar-refractivity contribution in [3.63, 3.8) is 0 Å². The number of hydrogen-bond acceptors (Lipinski definition) is 0. The molecule has 0 unspecified atom stereocenters. The number of benzene rings is 1. The highest BCUT2D eigenvalue weighted by molar-refractivity contribution is 5.24. The fourth-order valence-corrected chi connectivity index (χ4v) is 1.07. The lowest BCUT2D eigenvalue weighted by Crippen LogP contribution is -1.93. The summed E-state index contributed by atoms with van der Waals surface area (Å²) in [4.78, 5) is 3.19. The van der Waals surface area contributed by atoms with Gasteiger partial charge in [-0.05, 0) is 18.6 Å². The van der Waals surface area contributed by atoms with Gasteiger partial charge in [0.15, 0.2) is 0 Å². The van der Waals surface area contributed by atoms with E-state index in [1.807, 2.05) is 6.92 Å². The van der Waals surface area contributed by atoms with E-state index in [1.165, 1.54) is 6.07 Å². The van der Waals surface area contributed by atoms with Crippen LogP contribution in [-0.4, -0.2) is 6.54 Å². The third kappa shape index (κ3) is 2.06. The van der Waals surface area contributed by atoms with Gasteiger partial charge in [-0.15, -0.1) is 0 Å². The topological polar surface area (TPSA) is 4.36 Å². The third-order valence-electron chi connectivity index (χ3n) is 1.69. The van der Waals surface area contributed by atoms with Crippen molar-refractivity contribution in [2.45, 2.75) is 13.3 Å². The van der Waals surface area contributed by atoms with E-state index in [9.17, 15) is 4.39 Å². The highest BCUT2D eigenvalue weighted by atomic mass is 19.1. The maximum Gasteiger partial charge on any atom is 0.218 e. The van der Waals surface area contributed by atoms with E-state index in [1.54, 1.807) is 12.1 Å². The molecular formula is C10H10FN. The Morgan fingerprint density at radius 1 is 1.50 bits per heavy atom. The number of aryl methyl sites for hydroxylation is 1. The van der Waals surface area contributed by atoms with Crippen LogP contribution in [0.4, 0.5) is 4.39 Å². The molecule has 62 valence electrons. The van der Waals surface area contributed by atoms with Crippen LogP contribution in [0.3, 0.4) is 0 Å². The van der Waals surface area contributed by atoms with Crippen LogP contribution in [0.5, 0.6) is 0 Å². The highest BCUT2D eigenvalue weighted by Gasteiger charge is 2.02. The summed E-state index contributed by atoms with van der Waals surface area (Å²) in [6, 6.07) is 4.98. The Labute approximate surface area is 71.7 Å². The molecule has 0 atom stereocenters. The Kier molecular flexibility index (Phi) is 2.82. The molecule has 0 aliphatic heterocycles. The quantitative estimate of drug-likeness (QED) is 0.590. The van der Waals surface area contributed by atoms with E-state index >= 15 is 0 Å². The van der Waals surface area contributed by atoms with Gasteiger partial charge in [-0.1, -0.05) is 17.7 Å². The fraction of sp³-hybridized carbons (Fsp3) is 0.300. The van der Waals surface area contributed by atoms with Gasteiger partial charge in [0, 0.05) is 6.42 Å². The molecule has 0 heterocycles. The second kappa shape index (κ2) is 3.87. The molecule has 0 aliphatic carbocycles. The summed E-state index contributed by atoms with van der Waals surface area (Å²) >= 11 is 0. The average molecular weight is 163 g/mol. The highest BCUT2D eigenvalue weighted by Crippen LogP contribution is 2.10. The molecule has 0 amide bonds. The first-order chi connectivity index (χ1) is 5.74. The van der Waals surface area contributed by atoms with E-state index in [2.05, 4.69) is 4.85 Å². The van der Waals surface area contributed by atoms with Gasteiger partial charge in [0.25, 0.3) is 0 Å². The van der Waals surface area contributed by atoms with Crippen LogP contribution in [-0.2, 0) is 6.42 Å². The van der Waals surface area contributed by atoms with E-state index in [-0.39, 0.29) is 5.82 Å². The minimum Gasteiger partial charge on any atom is -0.317 e. The van der Waals surface area contributed by atoms with Crippen molar-refractivity contribution in [2.24, 2.45) is 0 Å². The molecule has 0 bridgehead atoms. The lowest BCUT2D eigenvalue weighted by Gasteiger charge is -1.99. The first kappa shape index (κ1) is 8.73. The number of halogens is 1. The van der Waals surface area contributed by atoms with Crippen molar-refractivity contribution in [1.82, 2.24) is 0 Å². The average Bonchev–Trinajstić information content (AvgIpc) is 2.07. The second-order valence-corrected chi connectivity index (χ2v) is 2.73. The monoisotopic (exact) mass is 163 g/mol. The van der Waals surface area contributed by atoms with Crippen molar-refractivity contribution < 1.29 is 4.39 Å². The standard InChI is InChI=1S/C10H10FN/c1-8-3-4-10(11)9(7-8)5-6-12-2/h3-4,7H,5-6H2,1H3. The largest absolute Gasteiger partial charge is 0.317 e. The minimum atomic E-state index is -0.204. The Morgan fingerprint density at radius 3 is 2.92 bits per heavy atom. The Bertz CT molecular complexity index is 312. The van der Waals surface area contributed by atoms with Crippen molar-refractivity contribution in [1.29, 1.82) is 0 Å². The number of nitrogens with zero attached hydrogens (tertiary/aromatic N) is 1. The molecule has 0 fully saturated rings. The van der Waals surface area contributed by atoms with Crippen LogP contribution in [0.1, 0.15) is 11.1 Å². The molecule has 0 N–H and O–H groups in total. The zero-order valence-corrected chi connectivity index (χ0v) is 6.97. The smallest absolute Gasteiger partial charge is 0.218 e. The SMILES string of the molecule is [C-]#[N+]CCc1cc(C)ccc1F. The van der Waals surface area contributed by atoms with E-state index < -0.39 is 0 Å². The summed E-state index contributed by atoms with van der Waals surface area (Å²) < 4.78 is 13.0. The Balaban J connectivity index is 2.84. The molecule has 2 heteroatoms. The van der Waals surface area contributed by atoms with Gasteiger partial charge in [-0.2, -0.15) is 0 Å². The predicted molar refractivity (Wildman–Crippen MR) is 46.3 cm³/mol. The van der Waals surface area contributed by atoms with Gasteiger partial charge in [0.2, 0.25) is 6.54 Å². The zero-order chi connectivity index (χ0) is 8.97. The van der Waals surface area contributed by atoms with Gasteiger partial charge >= 0.3 is 0 Å². The van der Waals surface area contributed by atoms with Gasteiger partial charge in [-0.3, -0.25) is 0 Å². The van der Waals surface area contributed by atoms with E-state index in [4.69, 9.17) is 6.57 Å². The first-order valence-corrected chi connectivity index (χ1v) is 3.82. The molecule has 12 heavy (non-hydrogen) atoms. The Morgan fingerprint density at radius 2 is 2.25 bits per heavy atom. The third-order valence-corrected chi connectivity index (χ3v) is 1.69. The second-order valence-electron chi connectivity index (χ2n) is 2.73. The van der Waals surface area contributed by atoms with E-state index in [0.29, 0.717) is 18.5 Å². The van der Waals surface area contributed by atoms with Crippen LogP contribution >= 0.6 is 0 Å². The van der Waals surface area contributed by atoms with Crippen molar-refractivity contribution in [3.8, 4) is 0 Å². The van der Waals surface area contributed by atoms with Gasteiger partial charge in [0.05, 0.1) is 0 Å². The van der Waals surface area contributed by atoms with Crippen molar-refractivity contribution in [2.75, 3.05) is 6.54 Å². The maximum atomic E-state index is 13.0. The maximum absolute atomic E-state index is 13.0. The van der Waals surface area contributed by atoms with Crippen LogP contribution < -0.4 is 0 Å². The lowest BCUT2D eigenvalue weighted by molar-refractivity contribution is 0.611. The summed E-state index contributed by atoms with van der Waals surface area (Å²) in [5.74, 6) is -0.204. The summed E-state index contributed by atoms with van der Waals surface area (Å²) in [6.45, 7) is 8.86. The molecule has 0 radical (unpaired) electrons. The Hall–Kier alpha value is -1.36. The van der Waals surface area contributed by atoms with Crippen molar-refractivity contribution in [3.05, 3.63) is 46.6 Å². The molecular weight excluding hydrogens is 153 g/mol. The zero-order valence-electron chi connectivity index (χ0n) is 6.97. The fourth-order valence-electron chi connectivity index (χ4n) is 1.07. The lowest BCUT2D eigenvalue weighted by atomic mass is 10.1. The van der Waals surface area contributed by atoms with Gasteiger partial charge in [0.1, 0.15) is 5.82 Å². The minimum absolute atomic E-state index is 0.204. The van der Waals surface area contributed by atoms with Gasteiger partial charge < -0.3 is 4.85 Å². The molecule has 0 saturated carbocycles. The van der Waals surface area contributed by atoms with Crippen LogP contribution in [0.2, 0.25) is 0 Å². The number of rotatable bonds is 2. The summed E-state index contributed by atoms with van der Waals surface area (Å²) in [5.41, 5.74) is 1.68. The molecule has 0 saturated heterocycles. The molecule has 1 nitrogen and oxygen atoms in total. The molecule has 1 aromatic rings. The van der Waals surface area contributed by atoms with Crippen LogP contribution in [0.25, 0.3) is 4.85 Å². The van der Waals surface area contributed by atoms with E-state index in [0.717, 1.165) is 5.56 Å². The normalized spacial score (nSPS) is 9.42. The molecule has 0 spiro atoms. The number of hydrogen-bond donors (Lipinski definition) is 0. The summed E-state index contributed by atoms with van der Waals surface area (Å²) in [6.07, 6.45) is 0.511. The predicted octanol–water partition coefficient (Wildman–Crippen LogP) is 2.60. The first-order valence-electron chi connectivity index (χ1n) is 3.82. The molecule has 0 aromatic heterocycles. The summed E-state index contributed by atoms with van der Waals surface area (Å²) in [5, 5.41) is 0. The molecule has 1 rings (SSSR count). The van der Waals surface area contributed by atoms with Crippen LogP contribution in [0, 0.1) is 19.3 Å². The molecule has 0 aliphatic rings.